The molecule has 4 nitrogen and oxygen atoms in total. The average molecular weight is 367 g/mol. The van der Waals surface area contributed by atoms with Crippen molar-refractivity contribution in [2.45, 2.75) is 4.90 Å². The summed E-state index contributed by atoms with van der Waals surface area (Å²) in [5.74, 6) is 0.298. The molecule has 0 aliphatic heterocycles. The molecule has 21 heavy (non-hydrogen) atoms. The first-order valence-electron chi connectivity index (χ1n) is 5.65. The second-order valence-corrected chi connectivity index (χ2v) is 6.85. The highest BCUT2D eigenvalue weighted by atomic mass is 35.5. The van der Waals surface area contributed by atoms with Gasteiger partial charge in [0.15, 0.2) is 0 Å². The van der Waals surface area contributed by atoms with Gasteiger partial charge in [-0.05, 0) is 36.4 Å². The minimum atomic E-state index is -3.87. The Kier molecular flexibility index (Phi) is 4.88. The second kappa shape index (κ2) is 6.32. The van der Waals surface area contributed by atoms with Crippen molar-refractivity contribution < 1.29 is 13.2 Å². The lowest BCUT2D eigenvalue weighted by molar-refractivity contribution is 0.414. The van der Waals surface area contributed by atoms with Gasteiger partial charge in [0.2, 0.25) is 0 Å². The number of sulfonamides is 1. The average Bonchev–Trinajstić information content (AvgIpc) is 2.44. The van der Waals surface area contributed by atoms with Crippen molar-refractivity contribution in [1.29, 1.82) is 0 Å². The number of hydrogen-bond donors (Lipinski definition) is 1. The fourth-order valence-corrected chi connectivity index (χ4v) is 3.63. The van der Waals surface area contributed by atoms with Gasteiger partial charge in [-0.15, -0.1) is 0 Å². The van der Waals surface area contributed by atoms with E-state index in [1.807, 2.05) is 0 Å². The molecule has 0 aliphatic carbocycles. The molecule has 2 aromatic carbocycles. The number of anilines is 1. The van der Waals surface area contributed by atoms with Crippen LogP contribution in [-0.2, 0) is 10.0 Å². The fourth-order valence-electron chi connectivity index (χ4n) is 1.61. The van der Waals surface area contributed by atoms with Gasteiger partial charge in [-0.25, -0.2) is 8.42 Å². The van der Waals surface area contributed by atoms with Gasteiger partial charge in [0.25, 0.3) is 10.0 Å². The maximum atomic E-state index is 12.3. The van der Waals surface area contributed by atoms with Crippen LogP contribution in [0.5, 0.6) is 5.75 Å². The van der Waals surface area contributed by atoms with Crippen LogP contribution in [0.2, 0.25) is 15.1 Å². The van der Waals surface area contributed by atoms with Gasteiger partial charge in [0.1, 0.15) is 15.7 Å². The van der Waals surface area contributed by atoms with E-state index in [4.69, 9.17) is 39.5 Å². The topological polar surface area (TPSA) is 55.4 Å². The Balaban J connectivity index is 2.40. The smallest absolute Gasteiger partial charge is 0.263 e. The molecule has 0 saturated heterocycles. The van der Waals surface area contributed by atoms with E-state index in [2.05, 4.69) is 4.72 Å². The summed E-state index contributed by atoms with van der Waals surface area (Å²) in [6.45, 7) is 0. The van der Waals surface area contributed by atoms with Crippen LogP contribution in [0.4, 0.5) is 5.69 Å². The van der Waals surface area contributed by atoms with Crippen molar-refractivity contribution in [3.8, 4) is 5.75 Å². The van der Waals surface area contributed by atoms with Crippen LogP contribution in [0.1, 0.15) is 0 Å². The third-order valence-corrected chi connectivity index (χ3v) is 5.27. The summed E-state index contributed by atoms with van der Waals surface area (Å²) < 4.78 is 32.0. The fraction of sp³-hybridized carbons (Fsp3) is 0.0769. The van der Waals surface area contributed by atoms with Crippen LogP contribution in [0.25, 0.3) is 0 Å². The summed E-state index contributed by atoms with van der Waals surface area (Å²) in [6.07, 6.45) is 0. The third-order valence-electron chi connectivity index (χ3n) is 2.62. The first-order chi connectivity index (χ1) is 9.85. The molecule has 0 aromatic heterocycles. The van der Waals surface area contributed by atoms with E-state index in [1.54, 1.807) is 24.3 Å². The maximum Gasteiger partial charge on any atom is 0.263 e. The zero-order valence-electron chi connectivity index (χ0n) is 10.7. The van der Waals surface area contributed by atoms with Crippen molar-refractivity contribution in [2.24, 2.45) is 0 Å². The zero-order chi connectivity index (χ0) is 15.6. The van der Waals surface area contributed by atoms with E-state index in [9.17, 15) is 8.42 Å². The lowest BCUT2D eigenvalue weighted by Crippen LogP contribution is -2.13. The van der Waals surface area contributed by atoms with Crippen LogP contribution < -0.4 is 9.46 Å². The SMILES string of the molecule is COc1ccc(S(=O)(=O)Nc2ccc(Cl)cc2)c(Cl)c1Cl. The Morgan fingerprint density at radius 3 is 2.14 bits per heavy atom. The van der Waals surface area contributed by atoms with Gasteiger partial charge in [0, 0.05) is 10.7 Å². The highest BCUT2D eigenvalue weighted by Crippen LogP contribution is 2.37. The van der Waals surface area contributed by atoms with Crippen molar-refractivity contribution in [3.63, 3.8) is 0 Å². The largest absolute Gasteiger partial charge is 0.495 e. The predicted molar refractivity (Wildman–Crippen MR) is 85.3 cm³/mol. The standard InChI is InChI=1S/C13H10Cl3NO3S/c1-20-10-6-7-11(13(16)12(10)15)21(18,19)17-9-4-2-8(14)3-5-9/h2-7,17H,1H3. The lowest BCUT2D eigenvalue weighted by atomic mass is 10.3. The van der Waals surface area contributed by atoms with Crippen LogP contribution >= 0.6 is 34.8 Å². The number of rotatable bonds is 4. The van der Waals surface area contributed by atoms with Gasteiger partial charge >= 0.3 is 0 Å². The molecular weight excluding hydrogens is 357 g/mol. The van der Waals surface area contributed by atoms with Gasteiger partial charge in [-0.2, -0.15) is 0 Å². The first-order valence-corrected chi connectivity index (χ1v) is 8.27. The molecule has 0 spiro atoms. The Bertz CT molecular complexity index is 761. The Morgan fingerprint density at radius 1 is 0.952 bits per heavy atom. The number of halogens is 3. The highest BCUT2D eigenvalue weighted by molar-refractivity contribution is 7.92. The first kappa shape index (κ1) is 16.2. The van der Waals surface area contributed by atoms with Crippen LogP contribution in [0.15, 0.2) is 41.3 Å². The third kappa shape index (κ3) is 3.55. The summed E-state index contributed by atoms with van der Waals surface area (Å²) in [5, 5.41) is 0.444. The quantitative estimate of drug-likeness (QED) is 0.869. The summed E-state index contributed by atoms with van der Waals surface area (Å²) in [7, 11) is -2.46. The Labute approximate surface area is 137 Å². The van der Waals surface area contributed by atoms with Crippen molar-refractivity contribution in [2.75, 3.05) is 11.8 Å². The van der Waals surface area contributed by atoms with Crippen molar-refractivity contribution >= 4 is 50.5 Å². The number of methoxy groups -OCH3 is 1. The molecule has 2 rings (SSSR count). The summed E-state index contributed by atoms with van der Waals surface area (Å²) in [6, 6.07) is 8.98. The van der Waals surface area contributed by atoms with Crippen LogP contribution in [-0.4, -0.2) is 15.5 Å². The summed E-state index contributed by atoms with van der Waals surface area (Å²) in [4.78, 5) is -0.134. The molecular formula is C13H10Cl3NO3S. The second-order valence-electron chi connectivity index (χ2n) is 4.01. The molecule has 0 saturated carbocycles. The molecule has 0 heterocycles. The summed E-state index contributed by atoms with van der Waals surface area (Å²) >= 11 is 17.7. The highest BCUT2D eigenvalue weighted by Gasteiger charge is 2.22. The lowest BCUT2D eigenvalue weighted by Gasteiger charge is -2.12. The molecule has 0 radical (unpaired) electrons. The van der Waals surface area contributed by atoms with Crippen molar-refractivity contribution in [1.82, 2.24) is 0 Å². The van der Waals surface area contributed by atoms with E-state index in [1.165, 1.54) is 19.2 Å². The van der Waals surface area contributed by atoms with E-state index in [-0.39, 0.29) is 14.9 Å². The zero-order valence-corrected chi connectivity index (χ0v) is 13.8. The molecule has 0 bridgehead atoms. The van der Waals surface area contributed by atoms with Gasteiger partial charge < -0.3 is 4.74 Å². The van der Waals surface area contributed by atoms with E-state index >= 15 is 0 Å². The molecule has 0 amide bonds. The van der Waals surface area contributed by atoms with E-state index < -0.39 is 10.0 Å². The molecule has 1 N–H and O–H groups in total. The van der Waals surface area contributed by atoms with Gasteiger partial charge in [0.05, 0.1) is 12.1 Å². The molecule has 8 heteroatoms. The number of ether oxygens (including phenoxy) is 1. The van der Waals surface area contributed by atoms with Gasteiger partial charge in [-0.1, -0.05) is 34.8 Å². The minimum Gasteiger partial charge on any atom is -0.495 e. The van der Waals surface area contributed by atoms with Gasteiger partial charge in [-0.3, -0.25) is 4.72 Å². The van der Waals surface area contributed by atoms with Crippen LogP contribution in [0, 0.1) is 0 Å². The normalized spacial score (nSPS) is 11.2. The Morgan fingerprint density at radius 2 is 1.57 bits per heavy atom. The molecule has 112 valence electrons. The predicted octanol–water partition coefficient (Wildman–Crippen LogP) is 4.46. The molecule has 0 aliphatic rings. The number of benzene rings is 2. The van der Waals surface area contributed by atoms with Crippen LogP contribution in [0.3, 0.4) is 0 Å². The molecule has 2 aromatic rings. The molecule has 0 fully saturated rings. The monoisotopic (exact) mass is 365 g/mol. The Hall–Kier alpha value is -1.14. The summed E-state index contributed by atoms with van der Waals surface area (Å²) in [5.41, 5.74) is 0.363. The minimum absolute atomic E-state index is 0.0400. The van der Waals surface area contributed by atoms with E-state index in [0.717, 1.165) is 0 Å². The maximum absolute atomic E-state index is 12.3. The van der Waals surface area contributed by atoms with E-state index in [0.29, 0.717) is 16.5 Å². The van der Waals surface area contributed by atoms with Crippen molar-refractivity contribution in [3.05, 3.63) is 51.5 Å². The molecule has 0 atom stereocenters. The number of nitrogens with one attached hydrogen (secondary N) is 1. The molecule has 0 unspecified atom stereocenters. The number of hydrogen-bond acceptors (Lipinski definition) is 3.